The van der Waals surface area contributed by atoms with Gasteiger partial charge in [0.1, 0.15) is 11.5 Å². The standard InChI is InChI=1S/C14H12Cl2O/c1-10-2-7-13(16)14(8-10)17-12-5-3-11(9-15)4-6-12/h2-8H,9H2,1H3. The second kappa shape index (κ2) is 5.44. The molecule has 1 nitrogen and oxygen atoms in total. The summed E-state index contributed by atoms with van der Waals surface area (Å²) in [5.74, 6) is 1.93. The molecule has 0 bridgehead atoms. The number of alkyl halides is 1. The summed E-state index contributed by atoms with van der Waals surface area (Å²) < 4.78 is 5.71. The molecule has 3 heteroatoms. The van der Waals surface area contributed by atoms with Crippen LogP contribution in [0.4, 0.5) is 0 Å². The van der Waals surface area contributed by atoms with Crippen molar-refractivity contribution >= 4 is 23.2 Å². The average molecular weight is 267 g/mol. The van der Waals surface area contributed by atoms with E-state index in [9.17, 15) is 0 Å². The summed E-state index contributed by atoms with van der Waals surface area (Å²) in [6, 6.07) is 13.3. The van der Waals surface area contributed by atoms with Crippen molar-refractivity contribution in [2.45, 2.75) is 12.8 Å². The Labute approximate surface area is 111 Å². The van der Waals surface area contributed by atoms with Gasteiger partial charge in [0.2, 0.25) is 0 Å². The van der Waals surface area contributed by atoms with E-state index >= 15 is 0 Å². The van der Waals surface area contributed by atoms with Crippen molar-refractivity contribution in [3.05, 3.63) is 58.6 Å². The second-order valence-electron chi connectivity index (χ2n) is 3.81. The van der Waals surface area contributed by atoms with Crippen LogP contribution in [0.15, 0.2) is 42.5 Å². The zero-order valence-electron chi connectivity index (χ0n) is 9.41. The number of benzene rings is 2. The van der Waals surface area contributed by atoms with Crippen molar-refractivity contribution in [1.82, 2.24) is 0 Å². The van der Waals surface area contributed by atoms with E-state index in [0.717, 1.165) is 16.9 Å². The lowest BCUT2D eigenvalue weighted by atomic mass is 10.2. The normalized spacial score (nSPS) is 10.3. The molecule has 0 aliphatic heterocycles. The highest BCUT2D eigenvalue weighted by Crippen LogP contribution is 2.30. The fourth-order valence-electron chi connectivity index (χ4n) is 1.46. The first kappa shape index (κ1) is 12.3. The number of aryl methyl sites for hydroxylation is 1. The quantitative estimate of drug-likeness (QED) is 0.696. The number of hydrogen-bond acceptors (Lipinski definition) is 1. The highest BCUT2D eigenvalue weighted by molar-refractivity contribution is 6.32. The zero-order valence-corrected chi connectivity index (χ0v) is 10.9. The van der Waals surface area contributed by atoms with Gasteiger partial charge in [-0.3, -0.25) is 0 Å². The molecule has 0 radical (unpaired) electrons. The Morgan fingerprint density at radius 1 is 1.06 bits per heavy atom. The lowest BCUT2D eigenvalue weighted by Gasteiger charge is -2.08. The maximum Gasteiger partial charge on any atom is 0.146 e. The van der Waals surface area contributed by atoms with E-state index in [-0.39, 0.29) is 0 Å². The van der Waals surface area contributed by atoms with Gasteiger partial charge in [-0.1, -0.05) is 29.8 Å². The van der Waals surface area contributed by atoms with Crippen molar-refractivity contribution in [3.8, 4) is 11.5 Å². The molecule has 0 N–H and O–H groups in total. The SMILES string of the molecule is Cc1ccc(Cl)c(Oc2ccc(CCl)cc2)c1. The summed E-state index contributed by atoms with van der Waals surface area (Å²) in [6.07, 6.45) is 0. The Morgan fingerprint density at radius 3 is 2.41 bits per heavy atom. The van der Waals surface area contributed by atoms with Crippen LogP contribution in [0.2, 0.25) is 5.02 Å². The molecular weight excluding hydrogens is 255 g/mol. The van der Waals surface area contributed by atoms with Crippen LogP contribution in [0.3, 0.4) is 0 Å². The average Bonchev–Trinajstić information content (AvgIpc) is 2.35. The number of ether oxygens (including phenoxy) is 1. The molecule has 2 aromatic carbocycles. The van der Waals surface area contributed by atoms with E-state index in [1.165, 1.54) is 0 Å². The maximum atomic E-state index is 6.06. The fourth-order valence-corrected chi connectivity index (χ4v) is 1.80. The van der Waals surface area contributed by atoms with Crippen LogP contribution in [-0.4, -0.2) is 0 Å². The molecule has 0 fully saturated rings. The molecule has 0 spiro atoms. The number of halogens is 2. The van der Waals surface area contributed by atoms with Gasteiger partial charge in [0.05, 0.1) is 5.02 Å². The second-order valence-corrected chi connectivity index (χ2v) is 4.49. The van der Waals surface area contributed by atoms with E-state index in [0.29, 0.717) is 16.7 Å². The van der Waals surface area contributed by atoms with Gasteiger partial charge in [0, 0.05) is 5.88 Å². The minimum absolute atomic E-state index is 0.505. The zero-order chi connectivity index (χ0) is 12.3. The molecule has 2 aromatic rings. The molecule has 17 heavy (non-hydrogen) atoms. The smallest absolute Gasteiger partial charge is 0.146 e. The molecule has 0 atom stereocenters. The van der Waals surface area contributed by atoms with Crippen LogP contribution in [0.25, 0.3) is 0 Å². The molecular formula is C14H12Cl2O. The largest absolute Gasteiger partial charge is 0.456 e. The van der Waals surface area contributed by atoms with Crippen molar-refractivity contribution in [2.24, 2.45) is 0 Å². The lowest BCUT2D eigenvalue weighted by molar-refractivity contribution is 0.482. The van der Waals surface area contributed by atoms with Gasteiger partial charge in [-0.2, -0.15) is 0 Å². The third kappa shape index (κ3) is 3.15. The van der Waals surface area contributed by atoms with Crippen LogP contribution in [-0.2, 0) is 5.88 Å². The molecule has 88 valence electrons. The summed E-state index contributed by atoms with van der Waals surface area (Å²) in [5, 5.41) is 0.608. The first-order chi connectivity index (χ1) is 8.19. The Bertz CT molecular complexity index is 506. The fraction of sp³-hybridized carbons (Fsp3) is 0.143. The van der Waals surface area contributed by atoms with Crippen LogP contribution in [0.5, 0.6) is 11.5 Å². The summed E-state index contributed by atoms with van der Waals surface area (Å²) in [6.45, 7) is 2.00. The Morgan fingerprint density at radius 2 is 1.76 bits per heavy atom. The van der Waals surface area contributed by atoms with Gasteiger partial charge in [0.15, 0.2) is 0 Å². The van der Waals surface area contributed by atoms with Gasteiger partial charge in [-0.25, -0.2) is 0 Å². The molecule has 0 heterocycles. The maximum absolute atomic E-state index is 6.06. The van der Waals surface area contributed by atoms with E-state index in [4.69, 9.17) is 27.9 Å². The predicted molar refractivity (Wildman–Crippen MR) is 72.3 cm³/mol. The number of rotatable bonds is 3. The molecule has 2 rings (SSSR count). The molecule has 0 aliphatic rings. The topological polar surface area (TPSA) is 9.23 Å². The van der Waals surface area contributed by atoms with E-state index in [1.54, 1.807) is 0 Å². The van der Waals surface area contributed by atoms with Crippen molar-refractivity contribution < 1.29 is 4.74 Å². The molecule has 0 unspecified atom stereocenters. The molecule has 0 amide bonds. The van der Waals surface area contributed by atoms with Gasteiger partial charge >= 0.3 is 0 Å². The van der Waals surface area contributed by atoms with Crippen molar-refractivity contribution in [3.63, 3.8) is 0 Å². The molecule has 0 saturated heterocycles. The summed E-state index contributed by atoms with van der Waals surface area (Å²) in [7, 11) is 0. The van der Waals surface area contributed by atoms with Gasteiger partial charge in [-0.05, 0) is 42.3 Å². The van der Waals surface area contributed by atoms with Crippen LogP contribution < -0.4 is 4.74 Å². The minimum atomic E-state index is 0.505. The van der Waals surface area contributed by atoms with Gasteiger partial charge in [-0.15, -0.1) is 11.6 Å². The van der Waals surface area contributed by atoms with Crippen LogP contribution >= 0.6 is 23.2 Å². The Balaban J connectivity index is 2.22. The monoisotopic (exact) mass is 266 g/mol. The molecule has 0 aliphatic carbocycles. The first-order valence-corrected chi connectivity index (χ1v) is 6.19. The highest BCUT2D eigenvalue weighted by Gasteiger charge is 2.03. The van der Waals surface area contributed by atoms with Gasteiger partial charge < -0.3 is 4.74 Å². The summed E-state index contributed by atoms with van der Waals surface area (Å²) in [4.78, 5) is 0. The van der Waals surface area contributed by atoms with Crippen molar-refractivity contribution in [1.29, 1.82) is 0 Å². The molecule has 0 aromatic heterocycles. The third-order valence-electron chi connectivity index (χ3n) is 2.39. The summed E-state index contributed by atoms with van der Waals surface area (Å²) >= 11 is 11.8. The van der Waals surface area contributed by atoms with Crippen molar-refractivity contribution in [2.75, 3.05) is 0 Å². The van der Waals surface area contributed by atoms with Crippen LogP contribution in [0.1, 0.15) is 11.1 Å². The van der Waals surface area contributed by atoms with E-state index in [2.05, 4.69) is 0 Å². The first-order valence-electron chi connectivity index (χ1n) is 5.28. The number of hydrogen-bond donors (Lipinski definition) is 0. The minimum Gasteiger partial charge on any atom is -0.456 e. The van der Waals surface area contributed by atoms with Crippen LogP contribution in [0, 0.1) is 6.92 Å². The molecule has 0 saturated carbocycles. The van der Waals surface area contributed by atoms with E-state index in [1.807, 2.05) is 49.4 Å². The summed E-state index contributed by atoms with van der Waals surface area (Å²) in [5.41, 5.74) is 2.18. The van der Waals surface area contributed by atoms with E-state index < -0.39 is 0 Å². The van der Waals surface area contributed by atoms with Gasteiger partial charge in [0.25, 0.3) is 0 Å². The highest BCUT2D eigenvalue weighted by atomic mass is 35.5. The predicted octanol–water partition coefficient (Wildman–Crippen LogP) is 5.18. The third-order valence-corrected chi connectivity index (χ3v) is 3.01. The Kier molecular flexibility index (Phi) is 3.93. The Hall–Kier alpha value is -1.18. The lowest BCUT2D eigenvalue weighted by Crippen LogP contribution is -1.87.